The molecule has 1 N–H and O–H groups in total. The molecule has 0 aliphatic carbocycles. The van der Waals surface area contributed by atoms with Crippen LogP contribution in [0.25, 0.3) is 0 Å². The zero-order valence-electron chi connectivity index (χ0n) is 13.5. The molecule has 4 nitrogen and oxygen atoms in total. The Morgan fingerprint density at radius 3 is 2.80 bits per heavy atom. The first-order chi connectivity index (χ1) is 12.0. The highest BCUT2D eigenvalue weighted by atomic mass is 79.9. The van der Waals surface area contributed by atoms with E-state index < -0.39 is 6.04 Å². The molecule has 2 amide bonds. The summed E-state index contributed by atoms with van der Waals surface area (Å²) in [4.78, 5) is 26.4. The molecule has 1 heterocycles. The monoisotopic (exact) mass is 420 g/mol. The Labute approximate surface area is 160 Å². The van der Waals surface area contributed by atoms with Crippen molar-refractivity contribution in [1.82, 2.24) is 10.2 Å². The van der Waals surface area contributed by atoms with Crippen LogP contribution in [0.2, 0.25) is 5.02 Å². The number of nitrogens with one attached hydrogen (secondary N) is 1. The minimum absolute atomic E-state index is 0.0116. The predicted molar refractivity (Wildman–Crippen MR) is 101 cm³/mol. The van der Waals surface area contributed by atoms with Crippen LogP contribution in [0, 0.1) is 0 Å². The number of nitrogens with zero attached hydrogens (tertiary/aromatic N) is 1. The Kier molecular flexibility index (Phi) is 5.76. The van der Waals surface area contributed by atoms with Gasteiger partial charge in [-0.2, -0.15) is 0 Å². The molecule has 1 fully saturated rings. The minimum atomic E-state index is -0.448. The van der Waals surface area contributed by atoms with Gasteiger partial charge in [0, 0.05) is 29.0 Å². The Hall–Kier alpha value is -1.85. The van der Waals surface area contributed by atoms with E-state index in [1.54, 1.807) is 11.0 Å². The van der Waals surface area contributed by atoms with Crippen molar-refractivity contribution >= 4 is 39.3 Å². The number of halogens is 2. The second-order valence-electron chi connectivity index (χ2n) is 6.02. The number of carbonyl (C=O) groups excluding carboxylic acids is 2. The average molecular weight is 422 g/mol. The second-order valence-corrected chi connectivity index (χ2v) is 7.34. The summed E-state index contributed by atoms with van der Waals surface area (Å²) in [6.45, 7) is 0.788. The van der Waals surface area contributed by atoms with Crippen molar-refractivity contribution in [3.8, 4) is 0 Å². The molecule has 0 radical (unpaired) electrons. The van der Waals surface area contributed by atoms with Gasteiger partial charge in [0.2, 0.25) is 11.8 Å². The molecular formula is C19H18BrClN2O2. The van der Waals surface area contributed by atoms with Crippen LogP contribution < -0.4 is 5.32 Å². The van der Waals surface area contributed by atoms with E-state index in [-0.39, 0.29) is 11.8 Å². The van der Waals surface area contributed by atoms with Gasteiger partial charge in [0.1, 0.15) is 6.04 Å². The highest BCUT2D eigenvalue weighted by Gasteiger charge is 2.36. The number of amides is 2. The zero-order valence-corrected chi connectivity index (χ0v) is 15.9. The third-order valence-corrected chi connectivity index (χ3v) is 5.15. The van der Waals surface area contributed by atoms with Crippen molar-refractivity contribution < 1.29 is 9.59 Å². The van der Waals surface area contributed by atoms with E-state index >= 15 is 0 Å². The predicted octanol–water partition coefficient (Wildman–Crippen LogP) is 3.91. The smallest absolute Gasteiger partial charge is 0.243 e. The maximum absolute atomic E-state index is 12.6. The van der Waals surface area contributed by atoms with Gasteiger partial charge in [-0.25, -0.2) is 0 Å². The topological polar surface area (TPSA) is 49.4 Å². The summed E-state index contributed by atoms with van der Waals surface area (Å²) in [5.74, 6) is -0.139. The largest absolute Gasteiger partial charge is 0.350 e. The molecule has 1 unspecified atom stereocenters. The van der Waals surface area contributed by atoms with Crippen molar-refractivity contribution in [3.05, 3.63) is 69.2 Å². The first-order valence-corrected chi connectivity index (χ1v) is 9.27. The van der Waals surface area contributed by atoms with Crippen LogP contribution >= 0.6 is 27.5 Å². The lowest BCUT2D eigenvalue weighted by atomic mass is 10.1. The third-order valence-electron chi connectivity index (χ3n) is 4.29. The zero-order chi connectivity index (χ0) is 17.8. The number of rotatable bonds is 5. The molecule has 3 rings (SSSR count). The Bertz CT molecular complexity index is 796. The average Bonchev–Trinajstić information content (AvgIpc) is 2.96. The van der Waals surface area contributed by atoms with Gasteiger partial charge in [0.05, 0.1) is 0 Å². The number of hydrogen-bond donors (Lipinski definition) is 1. The standard InChI is InChI=1S/C19H18BrClN2O2/c20-15-6-3-4-13(10-15)11-22-19(25)17-8-9-18(24)23(17)12-14-5-1-2-7-16(14)21/h1-7,10,17H,8-9,11-12H2,(H,22,25). The molecule has 1 aliphatic rings. The van der Waals surface area contributed by atoms with Crippen LogP contribution in [0.1, 0.15) is 24.0 Å². The SMILES string of the molecule is O=C(NCc1cccc(Br)c1)C1CCC(=O)N1Cc1ccccc1Cl. The molecule has 1 saturated heterocycles. The normalized spacial score (nSPS) is 17.0. The minimum Gasteiger partial charge on any atom is -0.350 e. The van der Waals surface area contributed by atoms with Gasteiger partial charge in [-0.15, -0.1) is 0 Å². The molecule has 0 aromatic heterocycles. The fourth-order valence-electron chi connectivity index (χ4n) is 2.97. The van der Waals surface area contributed by atoms with E-state index in [1.165, 1.54) is 0 Å². The molecule has 1 aliphatic heterocycles. The lowest BCUT2D eigenvalue weighted by Crippen LogP contribution is -2.44. The molecule has 2 aromatic carbocycles. The highest BCUT2D eigenvalue weighted by molar-refractivity contribution is 9.10. The van der Waals surface area contributed by atoms with Crippen LogP contribution in [0.4, 0.5) is 0 Å². The molecule has 0 spiro atoms. The molecule has 2 aromatic rings. The van der Waals surface area contributed by atoms with E-state index in [9.17, 15) is 9.59 Å². The van der Waals surface area contributed by atoms with Gasteiger partial charge in [-0.05, 0) is 35.7 Å². The van der Waals surface area contributed by atoms with Crippen molar-refractivity contribution in [2.45, 2.75) is 32.0 Å². The summed E-state index contributed by atoms with van der Waals surface area (Å²) >= 11 is 9.61. The lowest BCUT2D eigenvalue weighted by Gasteiger charge is -2.24. The fraction of sp³-hybridized carbons (Fsp3) is 0.263. The first-order valence-electron chi connectivity index (χ1n) is 8.09. The maximum atomic E-state index is 12.6. The van der Waals surface area contributed by atoms with E-state index in [0.717, 1.165) is 15.6 Å². The second kappa shape index (κ2) is 8.02. The number of carbonyl (C=O) groups is 2. The van der Waals surface area contributed by atoms with Gasteiger partial charge >= 0.3 is 0 Å². The molecule has 25 heavy (non-hydrogen) atoms. The molecule has 6 heteroatoms. The molecule has 0 bridgehead atoms. The van der Waals surface area contributed by atoms with Crippen molar-refractivity contribution in [2.75, 3.05) is 0 Å². The summed E-state index contributed by atoms with van der Waals surface area (Å²) in [7, 11) is 0. The molecular weight excluding hydrogens is 404 g/mol. The van der Waals surface area contributed by atoms with Gasteiger partial charge in [0.25, 0.3) is 0 Å². The fourth-order valence-corrected chi connectivity index (χ4v) is 3.61. The first kappa shape index (κ1) is 18.0. The van der Waals surface area contributed by atoms with E-state index in [0.29, 0.717) is 31.0 Å². The molecule has 130 valence electrons. The maximum Gasteiger partial charge on any atom is 0.243 e. The van der Waals surface area contributed by atoms with Crippen LogP contribution in [-0.2, 0) is 22.7 Å². The van der Waals surface area contributed by atoms with Gasteiger partial charge in [0.15, 0.2) is 0 Å². The Morgan fingerprint density at radius 2 is 2.04 bits per heavy atom. The van der Waals surface area contributed by atoms with Gasteiger partial charge in [-0.1, -0.05) is 57.9 Å². The van der Waals surface area contributed by atoms with Crippen molar-refractivity contribution in [2.24, 2.45) is 0 Å². The van der Waals surface area contributed by atoms with E-state index in [2.05, 4.69) is 21.2 Å². The third kappa shape index (κ3) is 4.41. The van der Waals surface area contributed by atoms with E-state index in [1.807, 2.05) is 42.5 Å². The number of benzene rings is 2. The van der Waals surface area contributed by atoms with Crippen molar-refractivity contribution in [1.29, 1.82) is 0 Å². The number of likely N-dealkylation sites (tertiary alicyclic amines) is 1. The van der Waals surface area contributed by atoms with Gasteiger partial charge in [-0.3, -0.25) is 9.59 Å². The summed E-state index contributed by atoms with van der Waals surface area (Å²) in [6, 6.07) is 14.7. The summed E-state index contributed by atoms with van der Waals surface area (Å²) in [5.41, 5.74) is 1.86. The van der Waals surface area contributed by atoms with Crippen LogP contribution in [0.15, 0.2) is 53.0 Å². The summed E-state index contributed by atoms with van der Waals surface area (Å²) < 4.78 is 0.968. The van der Waals surface area contributed by atoms with Crippen molar-refractivity contribution in [3.63, 3.8) is 0 Å². The Balaban J connectivity index is 1.66. The summed E-state index contributed by atoms with van der Waals surface area (Å²) in [6.07, 6.45) is 0.924. The van der Waals surface area contributed by atoms with Crippen LogP contribution in [0.5, 0.6) is 0 Å². The Morgan fingerprint density at radius 1 is 1.24 bits per heavy atom. The summed E-state index contributed by atoms with van der Waals surface area (Å²) in [5, 5.41) is 3.54. The molecule has 1 atom stereocenters. The van der Waals surface area contributed by atoms with E-state index in [4.69, 9.17) is 11.6 Å². The lowest BCUT2D eigenvalue weighted by molar-refractivity contribution is -0.135. The highest BCUT2D eigenvalue weighted by Crippen LogP contribution is 2.25. The molecule has 0 saturated carbocycles. The van der Waals surface area contributed by atoms with Gasteiger partial charge < -0.3 is 10.2 Å². The van der Waals surface area contributed by atoms with Crippen LogP contribution in [-0.4, -0.2) is 22.8 Å². The number of hydrogen-bond acceptors (Lipinski definition) is 2. The quantitative estimate of drug-likeness (QED) is 0.796. The van der Waals surface area contributed by atoms with Crippen LogP contribution in [0.3, 0.4) is 0 Å².